The lowest BCUT2D eigenvalue weighted by Gasteiger charge is -2.27. The van der Waals surface area contributed by atoms with Crippen LogP contribution in [0.5, 0.6) is 0 Å². The van der Waals surface area contributed by atoms with Crippen LogP contribution in [-0.4, -0.2) is 22.4 Å². The van der Waals surface area contributed by atoms with Crippen LogP contribution < -0.4 is 0 Å². The summed E-state index contributed by atoms with van der Waals surface area (Å²) in [4.78, 5) is 12.7. The Bertz CT molecular complexity index is 919. The van der Waals surface area contributed by atoms with E-state index < -0.39 is 0 Å². The maximum absolute atomic E-state index is 12.7. The zero-order chi connectivity index (χ0) is 23.7. The zero-order valence-corrected chi connectivity index (χ0v) is 21.5. The van der Waals surface area contributed by atoms with E-state index in [-0.39, 0.29) is 16.8 Å². The second-order valence-electron chi connectivity index (χ2n) is 11.5. The lowest BCUT2D eigenvalue weighted by molar-refractivity contribution is 0.0518. The molecule has 0 bridgehead atoms. The Morgan fingerprint density at radius 3 is 2.06 bits per heavy atom. The highest BCUT2D eigenvalue weighted by Crippen LogP contribution is 2.34. The first-order valence-corrected chi connectivity index (χ1v) is 12.3. The van der Waals surface area contributed by atoms with Crippen molar-refractivity contribution < 1.29 is 9.53 Å². The third-order valence-electron chi connectivity index (χ3n) is 6.81. The minimum absolute atomic E-state index is 0.0196. The molecule has 2 aromatic rings. The minimum Gasteiger partial charge on any atom is -0.461 e. The number of esters is 1. The number of hydrogen-bond acceptors (Lipinski definition) is 3. The summed E-state index contributed by atoms with van der Waals surface area (Å²) in [6.45, 7) is 17.7. The van der Waals surface area contributed by atoms with Crippen molar-refractivity contribution in [2.75, 3.05) is 6.61 Å². The van der Waals surface area contributed by atoms with Crippen molar-refractivity contribution in [2.24, 2.45) is 5.92 Å². The number of ether oxygens (including phenoxy) is 1. The summed E-state index contributed by atoms with van der Waals surface area (Å²) >= 11 is 0. The van der Waals surface area contributed by atoms with E-state index in [1.54, 1.807) is 0 Å². The topological polar surface area (TPSA) is 44.1 Å². The molecule has 0 N–H and O–H groups in total. The Morgan fingerprint density at radius 2 is 1.56 bits per heavy atom. The summed E-state index contributed by atoms with van der Waals surface area (Å²) in [6, 6.07) is 6.83. The van der Waals surface area contributed by atoms with E-state index in [4.69, 9.17) is 9.84 Å². The highest BCUT2D eigenvalue weighted by Gasteiger charge is 2.27. The Labute approximate surface area is 194 Å². The summed E-state index contributed by atoms with van der Waals surface area (Å²) in [5.41, 5.74) is 6.24. The average molecular weight is 439 g/mol. The Kier molecular flexibility index (Phi) is 7.21. The first-order valence-electron chi connectivity index (χ1n) is 12.3. The molecule has 0 radical (unpaired) electrons. The SMILES string of the molecule is CCOC(=O)c1nn(-c2cc(C(C)(C)C)cc(C(C)(C)C)c2)c(CC2CCCCC2)c1C. The Balaban J connectivity index is 2.18. The molecular formula is C28H42N2O2. The highest BCUT2D eigenvalue weighted by atomic mass is 16.5. The van der Waals surface area contributed by atoms with Gasteiger partial charge in [-0.1, -0.05) is 79.7 Å². The van der Waals surface area contributed by atoms with Crippen molar-refractivity contribution in [1.82, 2.24) is 9.78 Å². The maximum Gasteiger partial charge on any atom is 0.359 e. The van der Waals surface area contributed by atoms with E-state index in [1.165, 1.54) is 43.2 Å². The second-order valence-corrected chi connectivity index (χ2v) is 11.5. The van der Waals surface area contributed by atoms with E-state index in [0.29, 0.717) is 18.2 Å². The average Bonchev–Trinajstić information content (AvgIpc) is 3.04. The molecule has 0 saturated heterocycles. The van der Waals surface area contributed by atoms with Crippen molar-refractivity contribution in [3.8, 4) is 5.69 Å². The smallest absolute Gasteiger partial charge is 0.359 e. The van der Waals surface area contributed by atoms with E-state index in [2.05, 4.69) is 59.7 Å². The second kappa shape index (κ2) is 9.41. The number of carbonyl (C=O) groups excluding carboxylic acids is 1. The Morgan fingerprint density at radius 1 is 1.00 bits per heavy atom. The standard InChI is InChI=1S/C28H42N2O2/c1-9-32-26(31)25-19(2)24(15-20-13-11-10-12-14-20)30(29-25)23-17-21(27(3,4)5)16-22(18-23)28(6,7)8/h16-18,20H,9-15H2,1-8H3. The van der Waals surface area contributed by atoms with Crippen LogP contribution in [0.25, 0.3) is 5.69 Å². The van der Waals surface area contributed by atoms with Crippen LogP contribution in [0.3, 0.4) is 0 Å². The van der Waals surface area contributed by atoms with E-state index >= 15 is 0 Å². The molecule has 3 rings (SSSR count). The molecule has 4 nitrogen and oxygen atoms in total. The first kappa shape index (κ1) is 24.5. The van der Waals surface area contributed by atoms with Gasteiger partial charge in [-0.15, -0.1) is 0 Å². The molecule has 0 spiro atoms. The van der Waals surface area contributed by atoms with Crippen molar-refractivity contribution in [1.29, 1.82) is 0 Å². The molecule has 0 aliphatic heterocycles. The summed E-state index contributed by atoms with van der Waals surface area (Å²) in [5.74, 6) is 0.331. The van der Waals surface area contributed by atoms with Gasteiger partial charge in [0.15, 0.2) is 5.69 Å². The number of carbonyl (C=O) groups is 1. The number of rotatable bonds is 5. The lowest BCUT2D eigenvalue weighted by atomic mass is 9.80. The molecule has 1 heterocycles. The minimum atomic E-state index is -0.323. The maximum atomic E-state index is 12.7. The van der Waals surface area contributed by atoms with Crippen LogP contribution in [0.15, 0.2) is 18.2 Å². The fourth-order valence-electron chi connectivity index (χ4n) is 4.64. The number of hydrogen-bond donors (Lipinski definition) is 0. The molecule has 1 saturated carbocycles. The summed E-state index contributed by atoms with van der Waals surface area (Å²) in [5, 5.41) is 4.85. The van der Waals surface area contributed by atoms with Gasteiger partial charge in [0.1, 0.15) is 0 Å². The number of benzene rings is 1. The predicted molar refractivity (Wildman–Crippen MR) is 132 cm³/mol. The molecule has 0 unspecified atom stereocenters. The largest absolute Gasteiger partial charge is 0.461 e. The lowest BCUT2D eigenvalue weighted by Crippen LogP contribution is -2.18. The van der Waals surface area contributed by atoms with Gasteiger partial charge < -0.3 is 4.74 Å². The van der Waals surface area contributed by atoms with Gasteiger partial charge in [-0.3, -0.25) is 0 Å². The zero-order valence-electron chi connectivity index (χ0n) is 21.5. The van der Waals surface area contributed by atoms with Crippen LogP contribution in [0.4, 0.5) is 0 Å². The molecule has 0 amide bonds. The third-order valence-corrected chi connectivity index (χ3v) is 6.81. The molecule has 32 heavy (non-hydrogen) atoms. The van der Waals surface area contributed by atoms with E-state index in [0.717, 1.165) is 23.4 Å². The van der Waals surface area contributed by atoms with Gasteiger partial charge in [0.05, 0.1) is 12.3 Å². The van der Waals surface area contributed by atoms with Crippen LogP contribution in [0.2, 0.25) is 0 Å². The fraction of sp³-hybridized carbons (Fsp3) is 0.643. The number of aromatic nitrogens is 2. The van der Waals surface area contributed by atoms with Gasteiger partial charge in [0, 0.05) is 11.3 Å². The Hall–Kier alpha value is -2.10. The van der Waals surface area contributed by atoms with Crippen molar-refractivity contribution in [2.45, 2.75) is 105 Å². The van der Waals surface area contributed by atoms with Gasteiger partial charge in [0.25, 0.3) is 0 Å². The van der Waals surface area contributed by atoms with Crippen LogP contribution >= 0.6 is 0 Å². The van der Waals surface area contributed by atoms with Crippen LogP contribution in [0, 0.1) is 12.8 Å². The summed E-state index contributed by atoms with van der Waals surface area (Å²) < 4.78 is 7.39. The molecule has 1 aromatic heterocycles. The van der Waals surface area contributed by atoms with E-state index in [1.807, 2.05) is 18.5 Å². The van der Waals surface area contributed by atoms with Crippen molar-refractivity contribution in [3.63, 3.8) is 0 Å². The number of nitrogens with zero attached hydrogens (tertiary/aromatic N) is 2. The monoisotopic (exact) mass is 438 g/mol. The van der Waals surface area contributed by atoms with E-state index in [9.17, 15) is 4.79 Å². The predicted octanol–water partition coefficient (Wildman–Crippen LogP) is 7.08. The molecule has 1 aliphatic rings. The summed E-state index contributed by atoms with van der Waals surface area (Å²) in [6.07, 6.45) is 7.42. The van der Waals surface area contributed by atoms with Gasteiger partial charge in [-0.05, 0) is 60.3 Å². The molecule has 1 aromatic carbocycles. The highest BCUT2D eigenvalue weighted by molar-refractivity contribution is 5.89. The summed E-state index contributed by atoms with van der Waals surface area (Å²) in [7, 11) is 0. The molecule has 4 heteroatoms. The molecular weight excluding hydrogens is 396 g/mol. The van der Waals surface area contributed by atoms with Crippen molar-refractivity contribution in [3.05, 3.63) is 46.3 Å². The first-order chi connectivity index (χ1) is 14.9. The van der Waals surface area contributed by atoms with Crippen LogP contribution in [-0.2, 0) is 22.0 Å². The third kappa shape index (κ3) is 5.44. The fourth-order valence-corrected chi connectivity index (χ4v) is 4.64. The van der Waals surface area contributed by atoms with Gasteiger partial charge in [0.2, 0.25) is 0 Å². The normalized spacial score (nSPS) is 15.8. The molecule has 1 aliphatic carbocycles. The van der Waals surface area contributed by atoms with Gasteiger partial charge in [-0.2, -0.15) is 5.10 Å². The molecule has 176 valence electrons. The van der Waals surface area contributed by atoms with Crippen LogP contribution in [0.1, 0.15) is 113 Å². The van der Waals surface area contributed by atoms with Crippen molar-refractivity contribution >= 4 is 5.97 Å². The molecule has 0 atom stereocenters. The van der Waals surface area contributed by atoms with Gasteiger partial charge >= 0.3 is 5.97 Å². The molecule has 1 fully saturated rings. The quantitative estimate of drug-likeness (QED) is 0.469. The van der Waals surface area contributed by atoms with Gasteiger partial charge in [-0.25, -0.2) is 9.48 Å².